The largest absolute Gasteiger partial charge is 0.497 e. The van der Waals surface area contributed by atoms with Crippen LogP contribution in [0.2, 0.25) is 0 Å². The molecule has 2 saturated carbocycles. The normalized spacial score (nSPS) is 18.8. The SMILES string of the molecule is COc1ccc(Cn2c(CC3CC3)nc3c2c(=O)n(OC2CCCCN2C(=O)CCC(=O)O)c(=O)n3CC2CC2)cc1. The first-order chi connectivity index (χ1) is 20.3. The summed E-state index contributed by atoms with van der Waals surface area (Å²) < 4.78 is 9.60. The number of amides is 1. The Labute approximate surface area is 242 Å². The number of fused-ring (bicyclic) bond motifs is 1. The topological polar surface area (TPSA) is 138 Å². The van der Waals surface area contributed by atoms with Crippen LogP contribution >= 0.6 is 0 Å². The van der Waals surface area contributed by atoms with Crippen molar-refractivity contribution in [3.05, 3.63) is 56.5 Å². The Hall–Kier alpha value is -4.09. The molecule has 224 valence electrons. The van der Waals surface area contributed by atoms with Crippen LogP contribution in [0, 0.1) is 11.8 Å². The molecule has 1 N–H and O–H groups in total. The molecular formula is C30H37N5O7. The van der Waals surface area contributed by atoms with Gasteiger partial charge in [0.25, 0.3) is 0 Å². The molecule has 42 heavy (non-hydrogen) atoms. The minimum atomic E-state index is -1.06. The lowest BCUT2D eigenvalue weighted by atomic mass is 10.1. The van der Waals surface area contributed by atoms with E-state index in [-0.39, 0.29) is 18.7 Å². The third-order valence-electron chi connectivity index (χ3n) is 8.43. The van der Waals surface area contributed by atoms with Crippen molar-refractivity contribution in [1.82, 2.24) is 23.7 Å². The van der Waals surface area contributed by atoms with Crippen LogP contribution in [-0.4, -0.2) is 60.6 Å². The lowest BCUT2D eigenvalue weighted by Crippen LogP contribution is -2.54. The van der Waals surface area contributed by atoms with Crippen molar-refractivity contribution in [1.29, 1.82) is 0 Å². The molecule has 3 aromatic rings. The molecule has 6 rings (SSSR count). The first kappa shape index (κ1) is 28.0. The number of carbonyl (C=O) groups excluding carboxylic acids is 1. The molecule has 2 aliphatic carbocycles. The number of ether oxygens (including phenoxy) is 1. The summed E-state index contributed by atoms with van der Waals surface area (Å²) >= 11 is 0. The molecule has 0 bridgehead atoms. The molecule has 1 aliphatic heterocycles. The molecule has 1 atom stereocenters. The van der Waals surface area contributed by atoms with Crippen LogP contribution in [0.3, 0.4) is 0 Å². The minimum Gasteiger partial charge on any atom is -0.497 e. The fourth-order valence-electron chi connectivity index (χ4n) is 5.68. The van der Waals surface area contributed by atoms with Gasteiger partial charge in [-0.3, -0.25) is 19.0 Å². The monoisotopic (exact) mass is 579 g/mol. The number of carboxylic acids is 1. The summed E-state index contributed by atoms with van der Waals surface area (Å²) in [5.41, 5.74) is 0.435. The molecule has 3 aliphatic rings. The number of hydrogen-bond donors (Lipinski definition) is 1. The highest BCUT2D eigenvalue weighted by molar-refractivity contribution is 5.81. The number of methoxy groups -OCH3 is 1. The number of hydrogen-bond acceptors (Lipinski definition) is 7. The standard InChI is InChI=1S/C30H37N5O7/c1-41-22-11-9-21(10-12-22)17-33-23(16-19-5-6-19)31-28-27(33)29(39)35(30(40)34(28)18-20-7-8-20)42-25-4-2-3-15-32(25)24(36)13-14-26(37)38/h9-12,19-20,25H,2-8,13-18H2,1H3,(H,37,38). The first-order valence-corrected chi connectivity index (χ1v) is 14.9. The van der Waals surface area contributed by atoms with Gasteiger partial charge in [-0.1, -0.05) is 16.9 Å². The van der Waals surface area contributed by atoms with Crippen molar-refractivity contribution in [2.75, 3.05) is 13.7 Å². The van der Waals surface area contributed by atoms with E-state index in [1.54, 1.807) is 11.7 Å². The molecule has 3 heterocycles. The number of piperidine rings is 1. The smallest absolute Gasteiger partial charge is 0.366 e. The van der Waals surface area contributed by atoms with Crippen LogP contribution in [0.1, 0.15) is 69.2 Å². The number of likely N-dealkylation sites (tertiary alicyclic amines) is 1. The molecule has 12 nitrogen and oxygen atoms in total. The van der Waals surface area contributed by atoms with E-state index in [0.29, 0.717) is 49.1 Å². The van der Waals surface area contributed by atoms with E-state index in [1.807, 2.05) is 28.8 Å². The highest BCUT2D eigenvalue weighted by Crippen LogP contribution is 2.34. The number of benzene rings is 1. The van der Waals surface area contributed by atoms with Gasteiger partial charge in [0.05, 0.1) is 13.5 Å². The van der Waals surface area contributed by atoms with E-state index in [1.165, 1.54) is 4.90 Å². The zero-order chi connectivity index (χ0) is 29.4. The number of nitrogens with zero attached hydrogens (tertiary/aromatic N) is 5. The second-order valence-corrected chi connectivity index (χ2v) is 11.8. The lowest BCUT2D eigenvalue weighted by Gasteiger charge is -2.35. The predicted octanol–water partition coefficient (Wildman–Crippen LogP) is 2.41. The van der Waals surface area contributed by atoms with Gasteiger partial charge in [-0.2, -0.15) is 0 Å². The third kappa shape index (κ3) is 5.93. The maximum absolute atomic E-state index is 14.2. The highest BCUT2D eigenvalue weighted by atomic mass is 16.7. The van der Waals surface area contributed by atoms with Gasteiger partial charge in [-0.05, 0) is 68.1 Å². The van der Waals surface area contributed by atoms with Gasteiger partial charge < -0.3 is 24.1 Å². The van der Waals surface area contributed by atoms with E-state index < -0.39 is 23.4 Å². The lowest BCUT2D eigenvalue weighted by molar-refractivity contribution is -0.155. The van der Waals surface area contributed by atoms with Crippen molar-refractivity contribution in [2.45, 2.75) is 83.5 Å². The summed E-state index contributed by atoms with van der Waals surface area (Å²) in [4.78, 5) is 64.5. The Kier molecular flexibility index (Phi) is 7.78. The molecular weight excluding hydrogens is 542 g/mol. The predicted molar refractivity (Wildman–Crippen MR) is 152 cm³/mol. The molecule has 1 amide bonds. The molecule has 2 aromatic heterocycles. The number of aromatic nitrogens is 4. The van der Waals surface area contributed by atoms with E-state index in [9.17, 15) is 19.2 Å². The third-order valence-corrected chi connectivity index (χ3v) is 8.43. The summed E-state index contributed by atoms with van der Waals surface area (Å²) in [5.74, 6) is 0.910. The average molecular weight is 580 g/mol. The van der Waals surface area contributed by atoms with Crippen LogP contribution in [0.4, 0.5) is 0 Å². The Balaban J connectivity index is 1.43. The van der Waals surface area contributed by atoms with Crippen molar-refractivity contribution in [3.8, 4) is 5.75 Å². The van der Waals surface area contributed by atoms with Crippen molar-refractivity contribution in [2.24, 2.45) is 11.8 Å². The van der Waals surface area contributed by atoms with E-state index in [4.69, 9.17) is 19.7 Å². The Morgan fingerprint density at radius 2 is 1.71 bits per heavy atom. The zero-order valence-electron chi connectivity index (χ0n) is 23.9. The van der Waals surface area contributed by atoms with E-state index in [2.05, 4.69) is 0 Å². The zero-order valence-corrected chi connectivity index (χ0v) is 23.9. The fourth-order valence-corrected chi connectivity index (χ4v) is 5.68. The average Bonchev–Trinajstić information content (AvgIpc) is 3.93. The Bertz CT molecular complexity index is 1600. The highest BCUT2D eigenvalue weighted by Gasteiger charge is 2.33. The number of rotatable bonds is 12. The molecule has 12 heteroatoms. The summed E-state index contributed by atoms with van der Waals surface area (Å²) in [7, 11) is 1.61. The van der Waals surface area contributed by atoms with Crippen molar-refractivity contribution in [3.63, 3.8) is 0 Å². The van der Waals surface area contributed by atoms with Gasteiger partial charge in [0.15, 0.2) is 17.4 Å². The molecule has 1 unspecified atom stereocenters. The number of imidazole rings is 1. The second-order valence-electron chi connectivity index (χ2n) is 11.8. The van der Waals surface area contributed by atoms with Gasteiger partial charge in [0.1, 0.15) is 11.6 Å². The molecule has 0 spiro atoms. The summed E-state index contributed by atoms with van der Waals surface area (Å²) in [6.45, 7) is 1.20. The quantitative estimate of drug-likeness (QED) is 0.345. The van der Waals surface area contributed by atoms with Crippen LogP contribution in [0.5, 0.6) is 5.75 Å². The maximum Gasteiger partial charge on any atom is 0.366 e. The van der Waals surface area contributed by atoms with Gasteiger partial charge in [0.2, 0.25) is 5.91 Å². The summed E-state index contributed by atoms with van der Waals surface area (Å²) in [5, 5.41) is 9.06. The van der Waals surface area contributed by atoms with Crippen LogP contribution in [-0.2, 0) is 29.1 Å². The Morgan fingerprint density at radius 3 is 2.38 bits per heavy atom. The van der Waals surface area contributed by atoms with Crippen molar-refractivity contribution >= 4 is 23.0 Å². The van der Waals surface area contributed by atoms with Crippen LogP contribution in [0.15, 0.2) is 33.9 Å². The van der Waals surface area contributed by atoms with Gasteiger partial charge in [-0.15, -0.1) is 0 Å². The second kappa shape index (κ2) is 11.7. The first-order valence-electron chi connectivity index (χ1n) is 14.9. The summed E-state index contributed by atoms with van der Waals surface area (Å²) in [6, 6.07) is 7.64. The van der Waals surface area contributed by atoms with Gasteiger partial charge in [0, 0.05) is 38.9 Å². The molecule has 1 aromatic carbocycles. The number of aliphatic carboxylic acids is 1. The van der Waals surface area contributed by atoms with E-state index in [0.717, 1.165) is 66.8 Å². The molecule has 1 saturated heterocycles. The molecule has 3 fully saturated rings. The number of carbonyl (C=O) groups is 2. The maximum atomic E-state index is 14.2. The van der Waals surface area contributed by atoms with Gasteiger partial charge in [-0.25, -0.2) is 9.78 Å². The fraction of sp³-hybridized carbons (Fsp3) is 0.567. The van der Waals surface area contributed by atoms with Gasteiger partial charge >= 0.3 is 17.2 Å². The Morgan fingerprint density at radius 1 is 0.976 bits per heavy atom. The van der Waals surface area contributed by atoms with E-state index >= 15 is 0 Å². The minimum absolute atomic E-state index is 0.172. The van der Waals surface area contributed by atoms with Crippen LogP contribution in [0.25, 0.3) is 11.2 Å². The van der Waals surface area contributed by atoms with Crippen molar-refractivity contribution < 1.29 is 24.3 Å². The number of carboxylic acid groups (broad SMARTS) is 1. The van der Waals surface area contributed by atoms with Crippen LogP contribution < -0.4 is 20.8 Å². The molecule has 0 radical (unpaired) electrons. The summed E-state index contributed by atoms with van der Waals surface area (Å²) in [6.07, 6.45) is 5.56.